The van der Waals surface area contributed by atoms with Crippen LogP contribution >= 0.6 is 0 Å². The van der Waals surface area contributed by atoms with E-state index in [1.807, 2.05) is 30.3 Å². The minimum Gasteiger partial charge on any atom is -0.445 e. The van der Waals surface area contributed by atoms with Gasteiger partial charge in [-0.05, 0) is 12.0 Å². The van der Waals surface area contributed by atoms with E-state index >= 15 is 0 Å². The van der Waals surface area contributed by atoms with E-state index in [2.05, 4.69) is 17.2 Å². The molecule has 0 saturated carbocycles. The first kappa shape index (κ1) is 15.8. The molecule has 1 aromatic rings. The van der Waals surface area contributed by atoms with E-state index in [4.69, 9.17) is 4.74 Å². The lowest BCUT2D eigenvalue weighted by Gasteiger charge is -2.07. The third-order valence-corrected chi connectivity index (χ3v) is 2.51. The molecule has 0 aliphatic rings. The van der Waals surface area contributed by atoms with Crippen LogP contribution in [0, 0.1) is 0 Å². The molecular formula is C15H20N2O3. The highest BCUT2D eigenvalue weighted by Gasteiger charge is 2.03. The molecule has 20 heavy (non-hydrogen) atoms. The second-order valence-electron chi connectivity index (χ2n) is 4.18. The first-order valence-corrected chi connectivity index (χ1v) is 6.54. The molecule has 0 bridgehead atoms. The van der Waals surface area contributed by atoms with Crippen LogP contribution in [0.15, 0.2) is 43.0 Å². The number of rotatable bonds is 8. The summed E-state index contributed by atoms with van der Waals surface area (Å²) in [5, 5.41) is 5.27. The van der Waals surface area contributed by atoms with Crippen LogP contribution in [0.1, 0.15) is 18.4 Å². The van der Waals surface area contributed by atoms with E-state index in [0.717, 1.165) is 5.56 Å². The number of ether oxygens (including phenoxy) is 1. The molecular weight excluding hydrogens is 256 g/mol. The van der Waals surface area contributed by atoms with Gasteiger partial charge in [-0.2, -0.15) is 0 Å². The summed E-state index contributed by atoms with van der Waals surface area (Å²) in [6.07, 6.45) is 2.09. The van der Waals surface area contributed by atoms with E-state index < -0.39 is 6.09 Å². The molecule has 0 aliphatic heterocycles. The van der Waals surface area contributed by atoms with Crippen LogP contribution in [-0.4, -0.2) is 25.1 Å². The second kappa shape index (κ2) is 9.61. The Morgan fingerprint density at radius 1 is 1.20 bits per heavy atom. The Hall–Kier alpha value is -2.30. The first-order valence-electron chi connectivity index (χ1n) is 6.54. The third-order valence-electron chi connectivity index (χ3n) is 2.51. The fourth-order valence-electron chi connectivity index (χ4n) is 1.49. The van der Waals surface area contributed by atoms with Gasteiger partial charge in [0.25, 0.3) is 0 Å². The summed E-state index contributed by atoms with van der Waals surface area (Å²) in [6, 6.07) is 9.45. The number of carbonyl (C=O) groups excluding carboxylic acids is 2. The lowest BCUT2D eigenvalue weighted by atomic mass is 10.2. The zero-order valence-corrected chi connectivity index (χ0v) is 11.4. The zero-order valence-electron chi connectivity index (χ0n) is 11.4. The van der Waals surface area contributed by atoms with Crippen LogP contribution in [0.25, 0.3) is 0 Å². The van der Waals surface area contributed by atoms with Crippen LogP contribution in [0.4, 0.5) is 4.79 Å². The number of nitrogens with one attached hydrogen (secondary N) is 2. The molecule has 0 spiro atoms. The monoisotopic (exact) mass is 276 g/mol. The van der Waals surface area contributed by atoms with Gasteiger partial charge in [0.1, 0.15) is 6.61 Å². The number of alkyl carbamates (subject to hydrolysis) is 1. The van der Waals surface area contributed by atoms with Crippen molar-refractivity contribution < 1.29 is 14.3 Å². The predicted octanol–water partition coefficient (Wildman–Crippen LogP) is 2.00. The molecule has 2 amide bonds. The highest BCUT2D eigenvalue weighted by Crippen LogP contribution is 2.00. The average molecular weight is 276 g/mol. The fraction of sp³-hybridized carbons (Fsp3) is 0.333. The smallest absolute Gasteiger partial charge is 0.407 e. The zero-order chi connectivity index (χ0) is 14.6. The summed E-state index contributed by atoms with van der Waals surface area (Å²) >= 11 is 0. The molecule has 1 rings (SSSR count). The number of hydrogen-bond acceptors (Lipinski definition) is 3. The molecule has 0 heterocycles. The highest BCUT2D eigenvalue weighted by molar-refractivity contribution is 5.76. The average Bonchev–Trinajstić information content (AvgIpc) is 2.48. The standard InChI is InChI=1S/C15H20N2O3/c1-2-10-16-14(18)9-6-11-17-15(19)20-12-13-7-4-3-5-8-13/h2-5,7-8H,1,6,9-12H2,(H,16,18)(H,17,19). The highest BCUT2D eigenvalue weighted by atomic mass is 16.5. The van der Waals surface area contributed by atoms with Crippen molar-refractivity contribution in [3.8, 4) is 0 Å². The van der Waals surface area contributed by atoms with Gasteiger partial charge in [0, 0.05) is 19.5 Å². The summed E-state index contributed by atoms with van der Waals surface area (Å²) in [5.41, 5.74) is 0.937. The molecule has 0 aliphatic carbocycles. The van der Waals surface area contributed by atoms with Crippen molar-refractivity contribution in [3.63, 3.8) is 0 Å². The third kappa shape index (κ3) is 7.20. The maximum Gasteiger partial charge on any atom is 0.407 e. The van der Waals surface area contributed by atoms with E-state index in [-0.39, 0.29) is 12.5 Å². The van der Waals surface area contributed by atoms with E-state index in [1.165, 1.54) is 0 Å². The summed E-state index contributed by atoms with van der Waals surface area (Å²) in [6.45, 7) is 4.63. The predicted molar refractivity (Wildman–Crippen MR) is 77.1 cm³/mol. The minimum atomic E-state index is -0.472. The van der Waals surface area contributed by atoms with Gasteiger partial charge in [0.05, 0.1) is 0 Å². The Balaban J connectivity index is 2.06. The van der Waals surface area contributed by atoms with Gasteiger partial charge >= 0.3 is 6.09 Å². The van der Waals surface area contributed by atoms with Crippen LogP contribution in [0.3, 0.4) is 0 Å². The van der Waals surface area contributed by atoms with E-state index in [0.29, 0.717) is 25.9 Å². The van der Waals surface area contributed by atoms with Crippen molar-refractivity contribution in [1.82, 2.24) is 10.6 Å². The molecule has 0 saturated heterocycles. The number of benzene rings is 1. The summed E-state index contributed by atoms with van der Waals surface area (Å²) in [7, 11) is 0. The molecule has 0 atom stereocenters. The van der Waals surface area contributed by atoms with Crippen molar-refractivity contribution in [2.45, 2.75) is 19.4 Å². The Kier molecular flexibility index (Phi) is 7.57. The van der Waals surface area contributed by atoms with Crippen molar-refractivity contribution in [3.05, 3.63) is 48.6 Å². The van der Waals surface area contributed by atoms with Gasteiger partial charge in [-0.1, -0.05) is 36.4 Å². The molecule has 5 heteroatoms. The molecule has 0 radical (unpaired) electrons. The maximum atomic E-state index is 11.4. The van der Waals surface area contributed by atoms with Gasteiger partial charge < -0.3 is 15.4 Å². The topological polar surface area (TPSA) is 67.4 Å². The molecule has 0 unspecified atom stereocenters. The Bertz CT molecular complexity index is 432. The number of amides is 2. The Morgan fingerprint density at radius 3 is 2.65 bits per heavy atom. The Labute approximate surface area is 119 Å². The quantitative estimate of drug-likeness (QED) is 0.563. The van der Waals surface area contributed by atoms with Crippen LogP contribution in [0.2, 0.25) is 0 Å². The first-order chi connectivity index (χ1) is 9.72. The largest absolute Gasteiger partial charge is 0.445 e. The molecule has 1 aromatic carbocycles. The normalized spacial score (nSPS) is 9.60. The number of hydrogen-bond donors (Lipinski definition) is 2. The van der Waals surface area contributed by atoms with E-state index in [1.54, 1.807) is 6.08 Å². The summed E-state index contributed by atoms with van der Waals surface area (Å²) < 4.78 is 5.04. The van der Waals surface area contributed by atoms with Crippen LogP contribution in [0.5, 0.6) is 0 Å². The molecule has 108 valence electrons. The van der Waals surface area contributed by atoms with Gasteiger partial charge in [-0.15, -0.1) is 6.58 Å². The van der Waals surface area contributed by atoms with Gasteiger partial charge in [-0.25, -0.2) is 4.79 Å². The summed E-state index contributed by atoms with van der Waals surface area (Å²) in [5.74, 6) is -0.0515. The van der Waals surface area contributed by atoms with Crippen LogP contribution in [-0.2, 0) is 16.1 Å². The Morgan fingerprint density at radius 2 is 1.95 bits per heavy atom. The summed E-state index contributed by atoms with van der Waals surface area (Å²) in [4.78, 5) is 22.6. The van der Waals surface area contributed by atoms with E-state index in [9.17, 15) is 9.59 Å². The van der Waals surface area contributed by atoms with Crippen molar-refractivity contribution in [2.24, 2.45) is 0 Å². The lowest BCUT2D eigenvalue weighted by Crippen LogP contribution is -2.27. The van der Waals surface area contributed by atoms with Gasteiger partial charge in [-0.3, -0.25) is 4.79 Å². The van der Waals surface area contributed by atoms with Gasteiger partial charge in [0.15, 0.2) is 0 Å². The molecule has 0 fully saturated rings. The molecule has 2 N–H and O–H groups in total. The van der Waals surface area contributed by atoms with Crippen molar-refractivity contribution in [1.29, 1.82) is 0 Å². The van der Waals surface area contributed by atoms with Crippen LogP contribution < -0.4 is 10.6 Å². The van der Waals surface area contributed by atoms with Gasteiger partial charge in [0.2, 0.25) is 5.91 Å². The lowest BCUT2D eigenvalue weighted by molar-refractivity contribution is -0.120. The molecule has 5 nitrogen and oxygen atoms in total. The number of carbonyl (C=O) groups is 2. The molecule has 0 aromatic heterocycles. The minimum absolute atomic E-state index is 0.0515. The van der Waals surface area contributed by atoms with Crippen molar-refractivity contribution in [2.75, 3.05) is 13.1 Å². The second-order valence-corrected chi connectivity index (χ2v) is 4.18. The maximum absolute atomic E-state index is 11.4. The fourth-order valence-corrected chi connectivity index (χ4v) is 1.49. The SMILES string of the molecule is C=CCNC(=O)CCCNC(=O)OCc1ccccc1. The van der Waals surface area contributed by atoms with Crippen molar-refractivity contribution >= 4 is 12.0 Å².